The van der Waals surface area contributed by atoms with Gasteiger partial charge in [0.15, 0.2) is 0 Å². The predicted octanol–water partition coefficient (Wildman–Crippen LogP) is 5.27. The van der Waals surface area contributed by atoms with Gasteiger partial charge in [-0.05, 0) is 50.6 Å². The zero-order chi connectivity index (χ0) is 16.9. The lowest BCUT2D eigenvalue weighted by Gasteiger charge is -2.19. The third-order valence-electron chi connectivity index (χ3n) is 2.77. The van der Waals surface area contributed by atoms with E-state index < -0.39 is 11.7 Å². The molecular weight excluding hydrogens is 314 g/mol. The van der Waals surface area contributed by atoms with Crippen molar-refractivity contribution in [1.29, 1.82) is 0 Å². The Hall–Kier alpha value is -2.20. The monoisotopic (exact) mass is 333 g/mol. The summed E-state index contributed by atoms with van der Waals surface area (Å²) in [5, 5.41) is 3.36. The van der Waals surface area contributed by atoms with Gasteiger partial charge < -0.3 is 9.47 Å². The van der Waals surface area contributed by atoms with E-state index in [2.05, 4.69) is 5.32 Å². The van der Waals surface area contributed by atoms with Crippen LogP contribution in [0, 0.1) is 0 Å². The Morgan fingerprint density at radius 3 is 2.57 bits per heavy atom. The lowest BCUT2D eigenvalue weighted by molar-refractivity contribution is 0.0636. The fraction of sp³-hybridized carbons (Fsp3) is 0.278. The Labute approximate surface area is 141 Å². The maximum atomic E-state index is 11.8. The standard InChI is InChI=1S/C18H20ClNO3/c1-18(2,3)23-17(21)20-15-8-5-9-16(11-15)22-12-13-6-4-7-14(19)10-13/h4-11H,12H2,1-3H3,(H,20,21). The summed E-state index contributed by atoms with van der Waals surface area (Å²) in [6.07, 6.45) is -0.496. The molecule has 2 aromatic rings. The van der Waals surface area contributed by atoms with Crippen molar-refractivity contribution < 1.29 is 14.3 Å². The molecule has 0 spiro atoms. The van der Waals surface area contributed by atoms with Gasteiger partial charge in [-0.1, -0.05) is 29.8 Å². The molecule has 0 aliphatic heterocycles. The van der Waals surface area contributed by atoms with Crippen molar-refractivity contribution in [2.75, 3.05) is 5.32 Å². The van der Waals surface area contributed by atoms with E-state index in [4.69, 9.17) is 21.1 Å². The molecule has 0 saturated heterocycles. The molecule has 2 rings (SSSR count). The molecule has 1 amide bonds. The van der Waals surface area contributed by atoms with Crippen molar-refractivity contribution in [2.24, 2.45) is 0 Å². The first-order chi connectivity index (χ1) is 10.8. The van der Waals surface area contributed by atoms with Crippen LogP contribution in [0.25, 0.3) is 0 Å². The number of hydrogen-bond donors (Lipinski definition) is 1. The van der Waals surface area contributed by atoms with E-state index in [0.29, 0.717) is 23.1 Å². The van der Waals surface area contributed by atoms with E-state index in [0.717, 1.165) is 5.56 Å². The number of amides is 1. The van der Waals surface area contributed by atoms with Gasteiger partial charge in [-0.25, -0.2) is 4.79 Å². The van der Waals surface area contributed by atoms with E-state index >= 15 is 0 Å². The SMILES string of the molecule is CC(C)(C)OC(=O)Nc1cccc(OCc2cccc(Cl)c2)c1. The number of carbonyl (C=O) groups is 1. The van der Waals surface area contributed by atoms with Gasteiger partial charge in [0.2, 0.25) is 0 Å². The maximum Gasteiger partial charge on any atom is 0.412 e. The highest BCUT2D eigenvalue weighted by atomic mass is 35.5. The minimum Gasteiger partial charge on any atom is -0.489 e. The molecule has 122 valence electrons. The smallest absolute Gasteiger partial charge is 0.412 e. The van der Waals surface area contributed by atoms with E-state index in [9.17, 15) is 4.79 Å². The summed E-state index contributed by atoms with van der Waals surface area (Å²) in [6, 6.07) is 14.6. The quantitative estimate of drug-likeness (QED) is 0.829. The summed E-state index contributed by atoms with van der Waals surface area (Å²) >= 11 is 5.94. The molecule has 0 radical (unpaired) electrons. The molecule has 0 atom stereocenters. The van der Waals surface area contributed by atoms with E-state index in [1.54, 1.807) is 18.2 Å². The number of hydrogen-bond acceptors (Lipinski definition) is 3. The van der Waals surface area contributed by atoms with Crippen molar-refractivity contribution in [3.05, 3.63) is 59.1 Å². The van der Waals surface area contributed by atoms with Crippen LogP contribution in [0.3, 0.4) is 0 Å². The highest BCUT2D eigenvalue weighted by Crippen LogP contribution is 2.20. The largest absolute Gasteiger partial charge is 0.489 e. The topological polar surface area (TPSA) is 47.6 Å². The van der Waals surface area contributed by atoms with Gasteiger partial charge in [-0.2, -0.15) is 0 Å². The van der Waals surface area contributed by atoms with Crippen LogP contribution < -0.4 is 10.1 Å². The van der Waals surface area contributed by atoms with Gasteiger partial charge in [0.25, 0.3) is 0 Å². The van der Waals surface area contributed by atoms with E-state index in [-0.39, 0.29) is 0 Å². The fourth-order valence-electron chi connectivity index (χ4n) is 1.88. The Morgan fingerprint density at radius 1 is 1.13 bits per heavy atom. The molecule has 0 heterocycles. The lowest BCUT2D eigenvalue weighted by atomic mass is 10.2. The molecule has 0 saturated carbocycles. The fourth-order valence-corrected chi connectivity index (χ4v) is 2.09. The second-order valence-corrected chi connectivity index (χ2v) is 6.51. The summed E-state index contributed by atoms with van der Waals surface area (Å²) < 4.78 is 10.9. The number of anilines is 1. The number of carbonyl (C=O) groups excluding carboxylic acids is 1. The molecule has 0 aliphatic carbocycles. The first-order valence-corrected chi connectivity index (χ1v) is 7.67. The minimum atomic E-state index is -0.537. The maximum absolute atomic E-state index is 11.8. The number of benzene rings is 2. The second-order valence-electron chi connectivity index (χ2n) is 6.07. The molecule has 0 aliphatic rings. The number of rotatable bonds is 4. The van der Waals surface area contributed by atoms with Gasteiger partial charge in [0.05, 0.1) is 0 Å². The van der Waals surface area contributed by atoms with Crippen molar-refractivity contribution in [2.45, 2.75) is 33.0 Å². The van der Waals surface area contributed by atoms with Crippen molar-refractivity contribution in [3.8, 4) is 5.75 Å². The van der Waals surface area contributed by atoms with Gasteiger partial charge in [0.1, 0.15) is 18.0 Å². The van der Waals surface area contributed by atoms with Crippen molar-refractivity contribution in [3.63, 3.8) is 0 Å². The van der Waals surface area contributed by atoms with Gasteiger partial charge in [0, 0.05) is 16.8 Å². The summed E-state index contributed by atoms with van der Waals surface area (Å²) in [5.74, 6) is 0.651. The average Bonchev–Trinajstić information content (AvgIpc) is 2.43. The zero-order valence-corrected chi connectivity index (χ0v) is 14.2. The molecular formula is C18H20ClNO3. The highest BCUT2D eigenvalue weighted by Gasteiger charge is 2.16. The Kier molecular flexibility index (Phi) is 5.50. The summed E-state index contributed by atoms with van der Waals surface area (Å²) in [4.78, 5) is 11.8. The average molecular weight is 334 g/mol. The Morgan fingerprint density at radius 2 is 1.87 bits per heavy atom. The molecule has 1 N–H and O–H groups in total. The van der Waals surface area contributed by atoms with E-state index in [1.165, 1.54) is 0 Å². The van der Waals surface area contributed by atoms with Crippen LogP contribution in [0.1, 0.15) is 26.3 Å². The van der Waals surface area contributed by atoms with Gasteiger partial charge >= 0.3 is 6.09 Å². The molecule has 2 aromatic carbocycles. The second kappa shape index (κ2) is 7.38. The normalized spacial score (nSPS) is 11.0. The number of nitrogens with one attached hydrogen (secondary N) is 1. The molecule has 23 heavy (non-hydrogen) atoms. The van der Waals surface area contributed by atoms with Gasteiger partial charge in [-0.15, -0.1) is 0 Å². The van der Waals surface area contributed by atoms with Crippen molar-refractivity contribution >= 4 is 23.4 Å². The highest BCUT2D eigenvalue weighted by molar-refractivity contribution is 6.30. The minimum absolute atomic E-state index is 0.399. The van der Waals surface area contributed by atoms with E-state index in [1.807, 2.05) is 51.1 Å². The van der Waals surface area contributed by atoms with Crippen molar-refractivity contribution in [1.82, 2.24) is 0 Å². The van der Waals surface area contributed by atoms with Crippen LogP contribution in [0.2, 0.25) is 5.02 Å². The number of halogens is 1. The third kappa shape index (κ3) is 6.20. The lowest BCUT2D eigenvalue weighted by Crippen LogP contribution is -2.27. The zero-order valence-electron chi connectivity index (χ0n) is 13.4. The molecule has 0 fully saturated rings. The summed E-state index contributed by atoms with van der Waals surface area (Å²) in [7, 11) is 0. The van der Waals surface area contributed by atoms with Crippen LogP contribution in [-0.2, 0) is 11.3 Å². The molecule has 0 unspecified atom stereocenters. The third-order valence-corrected chi connectivity index (χ3v) is 3.01. The van der Waals surface area contributed by atoms with Gasteiger partial charge in [-0.3, -0.25) is 5.32 Å². The van der Waals surface area contributed by atoms with Crippen LogP contribution in [-0.4, -0.2) is 11.7 Å². The molecule has 5 heteroatoms. The Bertz CT molecular complexity index is 680. The number of ether oxygens (including phenoxy) is 2. The molecule has 4 nitrogen and oxygen atoms in total. The van der Waals surface area contributed by atoms with Crippen LogP contribution >= 0.6 is 11.6 Å². The van der Waals surface area contributed by atoms with Crippen LogP contribution in [0.4, 0.5) is 10.5 Å². The van der Waals surface area contributed by atoms with Crippen LogP contribution in [0.15, 0.2) is 48.5 Å². The van der Waals surface area contributed by atoms with Crippen LogP contribution in [0.5, 0.6) is 5.75 Å². The molecule has 0 bridgehead atoms. The molecule has 0 aromatic heterocycles. The first-order valence-electron chi connectivity index (χ1n) is 7.29. The first kappa shape index (κ1) is 17.2. The summed E-state index contributed by atoms with van der Waals surface area (Å²) in [6.45, 7) is 5.85. The Balaban J connectivity index is 1.95. The predicted molar refractivity (Wildman–Crippen MR) is 92.1 cm³/mol. The summed E-state index contributed by atoms with van der Waals surface area (Å²) in [5.41, 5.74) is 1.05.